The Balaban J connectivity index is 1.55. The zero-order valence-electron chi connectivity index (χ0n) is 18.8. The van der Waals surface area contributed by atoms with Crippen molar-refractivity contribution >= 4 is 38.5 Å². The Labute approximate surface area is 197 Å². The molecule has 3 aromatic carbocycles. The Morgan fingerprint density at radius 2 is 1.59 bits per heavy atom. The van der Waals surface area contributed by atoms with Crippen LogP contribution in [0.2, 0.25) is 0 Å². The summed E-state index contributed by atoms with van der Waals surface area (Å²) in [5.74, 6) is 0.0703. The maximum absolute atomic E-state index is 12.9. The van der Waals surface area contributed by atoms with Gasteiger partial charge < -0.3 is 9.72 Å². The maximum Gasteiger partial charge on any atom is 0.338 e. The van der Waals surface area contributed by atoms with Crippen LogP contribution in [0.1, 0.15) is 41.5 Å². The molecule has 0 aliphatic carbocycles. The number of benzene rings is 3. The lowest BCUT2D eigenvalue weighted by atomic mass is 10.1. The zero-order chi connectivity index (χ0) is 24.5. The van der Waals surface area contributed by atoms with Crippen LogP contribution in [-0.2, 0) is 14.8 Å². The van der Waals surface area contributed by atoms with E-state index in [1.807, 2.05) is 0 Å². The molecule has 0 fully saturated rings. The number of carbonyl (C=O) groups is 2. The molecule has 34 heavy (non-hydrogen) atoms. The van der Waals surface area contributed by atoms with Gasteiger partial charge in [-0.3, -0.25) is 9.52 Å². The number of hydrogen-bond acceptors (Lipinski definition) is 6. The summed E-state index contributed by atoms with van der Waals surface area (Å²) < 4.78 is 33.5. The van der Waals surface area contributed by atoms with Crippen molar-refractivity contribution in [3.8, 4) is 11.4 Å². The SMILES string of the molecule is CC(=O)c1ccc(-c2nc3ccc(S(=O)(=O)Nc4ccc(C(=O)OC(C)C)cc4)cc3[nH]2)cc1. The first kappa shape index (κ1) is 23.2. The highest BCUT2D eigenvalue weighted by atomic mass is 32.2. The number of aromatic nitrogens is 2. The highest BCUT2D eigenvalue weighted by Gasteiger charge is 2.17. The molecular weight excluding hydrogens is 454 g/mol. The summed E-state index contributed by atoms with van der Waals surface area (Å²) in [6.07, 6.45) is -0.247. The fourth-order valence-electron chi connectivity index (χ4n) is 3.33. The Morgan fingerprint density at radius 3 is 2.21 bits per heavy atom. The molecule has 0 atom stereocenters. The second-order valence-electron chi connectivity index (χ2n) is 8.03. The number of anilines is 1. The molecule has 2 N–H and O–H groups in total. The van der Waals surface area contributed by atoms with Gasteiger partial charge in [-0.1, -0.05) is 24.3 Å². The van der Waals surface area contributed by atoms with Crippen LogP contribution < -0.4 is 4.72 Å². The van der Waals surface area contributed by atoms with E-state index in [-0.39, 0.29) is 16.8 Å². The summed E-state index contributed by atoms with van der Waals surface area (Å²) in [7, 11) is -3.88. The third-order valence-corrected chi connectivity index (χ3v) is 6.42. The predicted molar refractivity (Wildman–Crippen MR) is 129 cm³/mol. The van der Waals surface area contributed by atoms with E-state index in [2.05, 4.69) is 14.7 Å². The van der Waals surface area contributed by atoms with Crippen molar-refractivity contribution in [2.75, 3.05) is 4.72 Å². The van der Waals surface area contributed by atoms with Gasteiger partial charge in [0, 0.05) is 16.8 Å². The molecule has 174 valence electrons. The van der Waals surface area contributed by atoms with Crippen LogP contribution in [0.25, 0.3) is 22.4 Å². The molecule has 0 radical (unpaired) electrons. The molecule has 0 bridgehead atoms. The van der Waals surface area contributed by atoms with Gasteiger partial charge in [0.15, 0.2) is 5.78 Å². The maximum atomic E-state index is 12.9. The van der Waals surface area contributed by atoms with Crippen molar-refractivity contribution in [1.82, 2.24) is 9.97 Å². The molecular formula is C25H23N3O5S. The average Bonchev–Trinajstić information content (AvgIpc) is 3.22. The lowest BCUT2D eigenvalue weighted by Gasteiger charge is -2.10. The number of ether oxygens (including phenoxy) is 1. The van der Waals surface area contributed by atoms with Crippen molar-refractivity contribution < 1.29 is 22.7 Å². The van der Waals surface area contributed by atoms with Crippen molar-refractivity contribution in [2.24, 2.45) is 0 Å². The number of ketones is 1. The number of nitrogens with one attached hydrogen (secondary N) is 2. The standard InChI is InChI=1S/C25H23N3O5S/c1-15(2)33-25(30)19-8-10-20(11-9-19)28-34(31,32)21-12-13-22-23(14-21)27-24(26-22)18-6-4-17(5-7-18)16(3)29/h4-15,28H,1-3H3,(H,26,27). The highest BCUT2D eigenvalue weighted by molar-refractivity contribution is 7.92. The van der Waals surface area contributed by atoms with E-state index in [9.17, 15) is 18.0 Å². The zero-order valence-corrected chi connectivity index (χ0v) is 19.6. The van der Waals surface area contributed by atoms with Crippen molar-refractivity contribution in [3.05, 3.63) is 77.9 Å². The van der Waals surface area contributed by atoms with E-state index in [0.29, 0.717) is 33.7 Å². The summed E-state index contributed by atoms with van der Waals surface area (Å²) in [5, 5.41) is 0. The van der Waals surface area contributed by atoms with Gasteiger partial charge in [-0.05, 0) is 63.2 Å². The number of Topliss-reactive ketones (excluding diaryl/α,β-unsaturated/α-hetero) is 1. The average molecular weight is 478 g/mol. The number of esters is 1. The number of hydrogen-bond donors (Lipinski definition) is 2. The van der Waals surface area contributed by atoms with Gasteiger partial charge >= 0.3 is 5.97 Å². The molecule has 0 saturated heterocycles. The molecule has 9 heteroatoms. The Bertz CT molecular complexity index is 1470. The molecule has 0 unspecified atom stereocenters. The number of carbonyl (C=O) groups excluding carboxylic acids is 2. The number of sulfonamides is 1. The topological polar surface area (TPSA) is 118 Å². The van der Waals surface area contributed by atoms with E-state index in [1.165, 1.54) is 43.3 Å². The quantitative estimate of drug-likeness (QED) is 0.292. The largest absolute Gasteiger partial charge is 0.459 e. The first-order valence-corrected chi connectivity index (χ1v) is 12.1. The number of H-pyrrole nitrogens is 1. The summed E-state index contributed by atoms with van der Waals surface area (Å²) >= 11 is 0. The third-order valence-electron chi connectivity index (χ3n) is 5.04. The van der Waals surface area contributed by atoms with Crippen LogP contribution in [0.4, 0.5) is 5.69 Å². The van der Waals surface area contributed by atoms with E-state index in [0.717, 1.165) is 5.56 Å². The van der Waals surface area contributed by atoms with Gasteiger partial charge in [0.25, 0.3) is 10.0 Å². The summed E-state index contributed by atoms with van der Waals surface area (Å²) in [6, 6.07) is 17.6. The predicted octanol–water partition coefficient (Wildman–Crippen LogP) is 4.80. The Hall–Kier alpha value is -3.98. The lowest BCUT2D eigenvalue weighted by molar-refractivity contribution is 0.0378. The molecule has 0 aliphatic heterocycles. The minimum Gasteiger partial charge on any atom is -0.459 e. The third kappa shape index (κ3) is 4.99. The molecule has 8 nitrogen and oxygen atoms in total. The molecule has 4 aromatic rings. The summed E-state index contributed by atoms with van der Waals surface area (Å²) in [6.45, 7) is 5.01. The van der Waals surface area contributed by atoms with Crippen LogP contribution in [0.15, 0.2) is 71.6 Å². The van der Waals surface area contributed by atoms with Crippen LogP contribution in [0.5, 0.6) is 0 Å². The van der Waals surface area contributed by atoms with E-state index < -0.39 is 16.0 Å². The van der Waals surface area contributed by atoms with E-state index in [4.69, 9.17) is 4.74 Å². The molecule has 0 aliphatic rings. The highest BCUT2D eigenvalue weighted by Crippen LogP contribution is 2.24. The molecule has 4 rings (SSSR count). The number of fused-ring (bicyclic) bond motifs is 1. The number of aromatic amines is 1. The van der Waals surface area contributed by atoms with E-state index in [1.54, 1.807) is 44.2 Å². The first-order valence-electron chi connectivity index (χ1n) is 10.6. The smallest absolute Gasteiger partial charge is 0.338 e. The van der Waals surface area contributed by atoms with Gasteiger partial charge in [0.1, 0.15) is 5.82 Å². The van der Waals surface area contributed by atoms with Crippen LogP contribution in [-0.4, -0.2) is 36.2 Å². The van der Waals surface area contributed by atoms with Gasteiger partial charge in [0.2, 0.25) is 0 Å². The summed E-state index contributed by atoms with van der Waals surface area (Å²) in [5.41, 5.74) is 3.19. The minimum absolute atomic E-state index is 0.0244. The fraction of sp³-hybridized carbons (Fsp3) is 0.160. The van der Waals surface area contributed by atoms with Gasteiger partial charge in [-0.2, -0.15) is 0 Å². The Kier molecular flexibility index (Phi) is 6.21. The Morgan fingerprint density at radius 1 is 0.941 bits per heavy atom. The molecule has 0 spiro atoms. The number of nitrogens with zero attached hydrogens (tertiary/aromatic N) is 1. The molecule has 0 saturated carbocycles. The van der Waals surface area contributed by atoms with Crippen LogP contribution in [0, 0.1) is 0 Å². The van der Waals surface area contributed by atoms with Gasteiger partial charge in [-0.25, -0.2) is 18.2 Å². The van der Waals surface area contributed by atoms with Crippen LogP contribution >= 0.6 is 0 Å². The normalized spacial score (nSPS) is 11.5. The van der Waals surface area contributed by atoms with E-state index >= 15 is 0 Å². The lowest BCUT2D eigenvalue weighted by Crippen LogP contribution is -2.14. The monoisotopic (exact) mass is 477 g/mol. The van der Waals surface area contributed by atoms with Gasteiger partial charge in [-0.15, -0.1) is 0 Å². The molecule has 1 aromatic heterocycles. The number of imidazole rings is 1. The molecule has 1 heterocycles. The molecule has 0 amide bonds. The first-order chi connectivity index (χ1) is 16.1. The van der Waals surface area contributed by atoms with Crippen molar-refractivity contribution in [3.63, 3.8) is 0 Å². The fourth-order valence-corrected chi connectivity index (χ4v) is 4.41. The van der Waals surface area contributed by atoms with Gasteiger partial charge in [0.05, 0.1) is 27.6 Å². The minimum atomic E-state index is -3.88. The van der Waals surface area contributed by atoms with Crippen molar-refractivity contribution in [1.29, 1.82) is 0 Å². The second-order valence-corrected chi connectivity index (χ2v) is 9.72. The summed E-state index contributed by atoms with van der Waals surface area (Å²) in [4.78, 5) is 31.1. The number of rotatable bonds is 7. The van der Waals surface area contributed by atoms with Crippen LogP contribution in [0.3, 0.4) is 0 Å². The second kappa shape index (κ2) is 9.11. The van der Waals surface area contributed by atoms with Crippen molar-refractivity contribution in [2.45, 2.75) is 31.8 Å².